The maximum absolute atomic E-state index is 13.5. The Balaban J connectivity index is 1.53. The van der Waals surface area contributed by atoms with Crippen molar-refractivity contribution >= 4 is 23.2 Å². The molecule has 0 saturated carbocycles. The molecule has 0 bridgehead atoms. The summed E-state index contributed by atoms with van der Waals surface area (Å²) < 4.78 is 25.1. The second-order valence-electron chi connectivity index (χ2n) is 8.48. The Bertz CT molecular complexity index is 1600. The van der Waals surface area contributed by atoms with Gasteiger partial charge in [-0.15, -0.1) is 0 Å². The van der Waals surface area contributed by atoms with Gasteiger partial charge < -0.3 is 19.7 Å². The molecule has 0 saturated heterocycles. The van der Waals surface area contributed by atoms with E-state index in [4.69, 9.17) is 21.1 Å². The lowest BCUT2D eigenvalue weighted by molar-refractivity contribution is 0.0972. The van der Waals surface area contributed by atoms with Gasteiger partial charge >= 0.3 is 0 Å². The van der Waals surface area contributed by atoms with Gasteiger partial charge in [-0.2, -0.15) is 0 Å². The number of ether oxygens (including phenoxy) is 2. The summed E-state index contributed by atoms with van der Waals surface area (Å²) in [6, 6.07) is 10.8. The number of aromatic hydroxyl groups is 2. The van der Waals surface area contributed by atoms with E-state index in [2.05, 4.69) is 4.98 Å². The third-order valence-corrected chi connectivity index (χ3v) is 6.57. The number of hydrogen-bond acceptors (Lipinski definition) is 7. The minimum Gasteiger partial charge on any atom is -0.497 e. The highest BCUT2D eigenvalue weighted by Crippen LogP contribution is 2.41. The number of carbonyl (C=O) groups is 2. The number of benzene rings is 2. The lowest BCUT2D eigenvalue weighted by atomic mass is 9.88. The number of carbonyl (C=O) groups excluding carboxylic acids is 2. The minimum atomic E-state index is -0.686. The molecular weight excluding hydrogens is 503 g/mol. The summed E-state index contributed by atoms with van der Waals surface area (Å²) in [5, 5.41) is 21.8. The first kappa shape index (κ1) is 24.3. The summed E-state index contributed by atoms with van der Waals surface area (Å²) in [6.45, 7) is -0.0846. The first-order chi connectivity index (χ1) is 17.7. The van der Waals surface area contributed by atoms with Crippen LogP contribution < -0.4 is 9.47 Å². The van der Waals surface area contributed by atoms with E-state index in [9.17, 15) is 24.2 Å². The molecule has 1 aliphatic rings. The molecule has 188 valence electrons. The van der Waals surface area contributed by atoms with Gasteiger partial charge in [-0.1, -0.05) is 17.7 Å². The van der Waals surface area contributed by atoms with Crippen molar-refractivity contribution in [2.75, 3.05) is 14.2 Å². The molecule has 8 nitrogen and oxygen atoms in total. The fourth-order valence-corrected chi connectivity index (χ4v) is 4.63. The third-order valence-electron chi connectivity index (χ3n) is 6.28. The van der Waals surface area contributed by atoms with Crippen LogP contribution in [0.25, 0.3) is 0 Å². The molecule has 0 atom stereocenters. The standard InChI is InChI=1S/C27H20ClFN2O6/c1-36-16-5-4-15(20(10-16)37-2)12-31-26(34)21-22(27(31)35)25(33)23-17(24(21)32)8-14(11-30-23)7-13-3-6-19(29)18(28)9-13/h3-6,8-11,34-35H,7,12H2,1-2H3. The lowest BCUT2D eigenvalue weighted by Gasteiger charge is -2.14. The van der Waals surface area contributed by atoms with Crippen molar-refractivity contribution in [3.8, 4) is 23.3 Å². The van der Waals surface area contributed by atoms with Gasteiger partial charge in [0, 0.05) is 17.8 Å². The highest BCUT2D eigenvalue weighted by Gasteiger charge is 2.40. The van der Waals surface area contributed by atoms with Crippen molar-refractivity contribution in [1.29, 1.82) is 0 Å². The topological polar surface area (TPSA) is 111 Å². The van der Waals surface area contributed by atoms with Crippen molar-refractivity contribution < 1.29 is 33.7 Å². The third kappa shape index (κ3) is 4.07. The Morgan fingerprint density at radius 2 is 1.68 bits per heavy atom. The summed E-state index contributed by atoms with van der Waals surface area (Å²) in [6.07, 6.45) is 1.71. The number of fused-ring (bicyclic) bond motifs is 2. The largest absolute Gasteiger partial charge is 0.497 e. The molecule has 4 aromatic rings. The van der Waals surface area contributed by atoms with Crippen molar-refractivity contribution in [2.45, 2.75) is 13.0 Å². The van der Waals surface area contributed by atoms with Crippen LogP contribution in [0.3, 0.4) is 0 Å². The molecule has 2 N–H and O–H groups in total. The van der Waals surface area contributed by atoms with E-state index < -0.39 is 29.1 Å². The lowest BCUT2D eigenvalue weighted by Crippen LogP contribution is -2.21. The molecule has 0 spiro atoms. The molecule has 10 heteroatoms. The molecule has 0 aliphatic heterocycles. The van der Waals surface area contributed by atoms with Gasteiger partial charge in [0.25, 0.3) is 0 Å². The summed E-state index contributed by atoms with van der Waals surface area (Å²) in [5.41, 5.74) is 1.09. The predicted molar refractivity (Wildman–Crippen MR) is 132 cm³/mol. The van der Waals surface area contributed by atoms with Crippen molar-refractivity contribution in [1.82, 2.24) is 9.55 Å². The zero-order valence-corrected chi connectivity index (χ0v) is 20.5. The SMILES string of the molecule is COc1ccc(Cn2c(O)c3c(c2O)C(=O)c2ncc(Cc4ccc(F)c(Cl)c4)cc2C3=O)c(OC)c1. The molecule has 2 aromatic heterocycles. The molecule has 0 radical (unpaired) electrons. The maximum atomic E-state index is 13.5. The Kier molecular flexibility index (Phi) is 6.08. The van der Waals surface area contributed by atoms with Gasteiger partial charge in [-0.3, -0.25) is 19.1 Å². The van der Waals surface area contributed by atoms with E-state index in [1.165, 1.54) is 38.6 Å². The van der Waals surface area contributed by atoms with E-state index in [1.807, 2.05) is 0 Å². The molecule has 2 heterocycles. The van der Waals surface area contributed by atoms with Crippen LogP contribution in [-0.4, -0.2) is 45.6 Å². The van der Waals surface area contributed by atoms with E-state index in [-0.39, 0.29) is 40.4 Å². The first-order valence-corrected chi connectivity index (χ1v) is 11.5. The maximum Gasteiger partial charge on any atom is 0.218 e. The number of methoxy groups -OCH3 is 2. The number of nitrogens with zero attached hydrogens (tertiary/aromatic N) is 2. The monoisotopic (exact) mass is 522 g/mol. The Labute approximate surface area is 215 Å². The fraction of sp³-hybridized carbons (Fsp3) is 0.148. The van der Waals surface area contributed by atoms with Crippen LogP contribution in [0, 0.1) is 5.82 Å². The molecule has 37 heavy (non-hydrogen) atoms. The zero-order valence-electron chi connectivity index (χ0n) is 19.7. The van der Waals surface area contributed by atoms with Crippen LogP contribution in [0.2, 0.25) is 5.02 Å². The number of hydrogen-bond donors (Lipinski definition) is 2. The van der Waals surface area contributed by atoms with E-state index >= 15 is 0 Å². The quantitative estimate of drug-likeness (QED) is 0.337. The fourth-order valence-electron chi connectivity index (χ4n) is 4.42. The van der Waals surface area contributed by atoms with Crippen LogP contribution in [0.4, 0.5) is 4.39 Å². The van der Waals surface area contributed by atoms with Crippen molar-refractivity contribution in [2.24, 2.45) is 0 Å². The van der Waals surface area contributed by atoms with Crippen LogP contribution in [0.5, 0.6) is 23.3 Å². The van der Waals surface area contributed by atoms with Gasteiger partial charge in [0.15, 0.2) is 0 Å². The van der Waals surface area contributed by atoms with Crippen LogP contribution in [0.1, 0.15) is 48.7 Å². The summed E-state index contributed by atoms with van der Waals surface area (Å²) >= 11 is 5.86. The predicted octanol–water partition coefficient (Wildman–Crippen LogP) is 4.52. The Morgan fingerprint density at radius 3 is 2.35 bits per heavy atom. The highest BCUT2D eigenvalue weighted by molar-refractivity contribution is 6.31. The summed E-state index contributed by atoms with van der Waals surface area (Å²) in [7, 11) is 2.97. The Hall–Kier alpha value is -4.37. The summed E-state index contributed by atoms with van der Waals surface area (Å²) in [4.78, 5) is 30.8. The number of pyridine rings is 1. The Morgan fingerprint density at radius 1 is 0.946 bits per heavy atom. The molecule has 0 unspecified atom stereocenters. The number of ketones is 2. The van der Waals surface area contributed by atoms with Gasteiger partial charge in [-0.25, -0.2) is 4.39 Å². The molecule has 2 aromatic carbocycles. The van der Waals surface area contributed by atoms with Crippen molar-refractivity contribution in [3.05, 3.63) is 98.6 Å². The normalized spacial score (nSPS) is 12.3. The molecule has 1 aliphatic carbocycles. The van der Waals surface area contributed by atoms with Gasteiger partial charge in [0.2, 0.25) is 23.3 Å². The molecular formula is C27H20ClFN2O6. The minimum absolute atomic E-state index is 0.00214. The average Bonchev–Trinajstić information content (AvgIpc) is 3.14. The molecule has 5 rings (SSSR count). The van der Waals surface area contributed by atoms with Crippen LogP contribution >= 0.6 is 11.6 Å². The number of aromatic nitrogens is 2. The van der Waals surface area contributed by atoms with Crippen molar-refractivity contribution in [3.63, 3.8) is 0 Å². The van der Waals surface area contributed by atoms with E-state index in [0.717, 1.165) is 4.57 Å². The molecule has 0 fully saturated rings. The molecule has 0 amide bonds. The highest BCUT2D eigenvalue weighted by atomic mass is 35.5. The van der Waals surface area contributed by atoms with Gasteiger partial charge in [-0.05, 0) is 47.9 Å². The average molecular weight is 523 g/mol. The number of rotatable bonds is 6. The second-order valence-corrected chi connectivity index (χ2v) is 8.89. The number of halogens is 2. The van der Waals surface area contributed by atoms with Crippen LogP contribution in [0.15, 0.2) is 48.7 Å². The van der Waals surface area contributed by atoms with E-state index in [1.54, 1.807) is 24.3 Å². The van der Waals surface area contributed by atoms with Gasteiger partial charge in [0.1, 0.15) is 28.6 Å². The first-order valence-electron chi connectivity index (χ1n) is 11.1. The summed E-state index contributed by atoms with van der Waals surface area (Å²) in [5.74, 6) is -2.01. The van der Waals surface area contributed by atoms with Gasteiger partial charge in [0.05, 0.1) is 36.9 Å². The van der Waals surface area contributed by atoms with E-state index in [0.29, 0.717) is 28.2 Å². The van der Waals surface area contributed by atoms with Crippen LogP contribution in [-0.2, 0) is 13.0 Å². The smallest absolute Gasteiger partial charge is 0.218 e. The second kappa shape index (κ2) is 9.25. The zero-order chi connectivity index (χ0) is 26.4.